The summed E-state index contributed by atoms with van der Waals surface area (Å²) in [6, 6.07) is 4.67. The Morgan fingerprint density at radius 1 is 1.33 bits per heavy atom. The molecule has 1 fully saturated rings. The molecule has 27 heavy (non-hydrogen) atoms. The van der Waals surface area contributed by atoms with Crippen molar-refractivity contribution < 1.29 is 33.9 Å². The molecule has 142 valence electrons. The molecule has 11 heteroatoms. The number of nitro groups is 1. The highest BCUT2D eigenvalue weighted by molar-refractivity contribution is 6.62. The SMILES string of the molecule is [N-]=[N+]=C(C(=O)C[C@@H]1NC(=O)[C@H]1CCO)C(=O)OCc1ccc([N+](=O)[O-])cc1. The third-order valence-corrected chi connectivity index (χ3v) is 4.07. The van der Waals surface area contributed by atoms with Gasteiger partial charge in [0.15, 0.2) is 0 Å². The number of rotatable bonds is 9. The number of Topliss-reactive ketones (excluding diaryl/α,β-unsaturated/α-hetero) is 1. The molecule has 0 unspecified atom stereocenters. The molecule has 0 radical (unpaired) electrons. The molecule has 2 N–H and O–H groups in total. The van der Waals surface area contributed by atoms with E-state index in [2.05, 4.69) is 10.1 Å². The first-order valence-electron chi connectivity index (χ1n) is 7.94. The predicted molar refractivity (Wildman–Crippen MR) is 88.3 cm³/mol. The van der Waals surface area contributed by atoms with Gasteiger partial charge >= 0.3 is 11.7 Å². The summed E-state index contributed by atoms with van der Waals surface area (Å²) in [7, 11) is 0. The van der Waals surface area contributed by atoms with E-state index in [4.69, 9.17) is 15.4 Å². The fourth-order valence-electron chi connectivity index (χ4n) is 2.58. The van der Waals surface area contributed by atoms with Gasteiger partial charge in [-0.15, -0.1) is 0 Å². The zero-order valence-electron chi connectivity index (χ0n) is 14.0. The fourth-order valence-corrected chi connectivity index (χ4v) is 2.58. The molecule has 1 heterocycles. The van der Waals surface area contributed by atoms with Gasteiger partial charge in [0.05, 0.1) is 10.8 Å². The van der Waals surface area contributed by atoms with E-state index in [9.17, 15) is 24.5 Å². The predicted octanol–water partition coefficient (Wildman–Crippen LogP) is -0.235. The number of aliphatic hydroxyl groups is 1. The molecule has 2 atom stereocenters. The highest BCUT2D eigenvalue weighted by Gasteiger charge is 2.43. The number of aliphatic hydroxyl groups excluding tert-OH is 1. The van der Waals surface area contributed by atoms with Crippen LogP contribution < -0.4 is 5.32 Å². The second kappa shape index (κ2) is 8.79. The summed E-state index contributed by atoms with van der Waals surface area (Å²) in [5.41, 5.74) is 8.44. The first-order valence-corrected chi connectivity index (χ1v) is 7.94. The van der Waals surface area contributed by atoms with Gasteiger partial charge in [-0.05, 0) is 24.1 Å². The van der Waals surface area contributed by atoms with E-state index in [0.717, 1.165) is 0 Å². The summed E-state index contributed by atoms with van der Waals surface area (Å²) in [6.07, 6.45) is -0.0948. The minimum Gasteiger partial charge on any atom is -0.452 e. The molecule has 1 amide bonds. The Balaban J connectivity index is 1.91. The van der Waals surface area contributed by atoms with Crippen LogP contribution in [-0.4, -0.2) is 50.8 Å². The Bertz CT molecular complexity index is 815. The van der Waals surface area contributed by atoms with Crippen molar-refractivity contribution in [2.45, 2.75) is 25.5 Å². The van der Waals surface area contributed by atoms with Crippen LogP contribution in [0.4, 0.5) is 5.69 Å². The lowest BCUT2D eigenvalue weighted by atomic mass is 9.84. The van der Waals surface area contributed by atoms with Crippen LogP contribution >= 0.6 is 0 Å². The van der Waals surface area contributed by atoms with Crippen LogP contribution in [0.15, 0.2) is 24.3 Å². The van der Waals surface area contributed by atoms with E-state index in [1.807, 2.05) is 0 Å². The van der Waals surface area contributed by atoms with E-state index in [0.29, 0.717) is 5.56 Å². The summed E-state index contributed by atoms with van der Waals surface area (Å²) in [5, 5.41) is 22.0. The van der Waals surface area contributed by atoms with E-state index in [1.165, 1.54) is 24.3 Å². The van der Waals surface area contributed by atoms with Crippen molar-refractivity contribution in [1.82, 2.24) is 5.32 Å². The summed E-state index contributed by atoms with van der Waals surface area (Å²) >= 11 is 0. The van der Waals surface area contributed by atoms with Crippen LogP contribution in [0.2, 0.25) is 0 Å². The summed E-state index contributed by atoms with van der Waals surface area (Å²) in [4.78, 5) is 48.1. The number of carbonyl (C=O) groups is 3. The van der Waals surface area contributed by atoms with Crippen molar-refractivity contribution >= 4 is 29.1 Å². The van der Waals surface area contributed by atoms with Gasteiger partial charge < -0.3 is 20.7 Å². The number of esters is 1. The average Bonchev–Trinajstić information content (AvgIpc) is 2.65. The Labute approximate surface area is 152 Å². The molecule has 1 aliphatic heterocycles. The monoisotopic (exact) mass is 376 g/mol. The molecule has 1 aromatic carbocycles. The molecule has 2 rings (SSSR count). The van der Waals surface area contributed by atoms with Gasteiger partial charge in [0, 0.05) is 31.2 Å². The highest BCUT2D eigenvalue weighted by Crippen LogP contribution is 2.21. The maximum atomic E-state index is 12.1. The number of nitro benzene ring substituents is 1. The van der Waals surface area contributed by atoms with Gasteiger partial charge in [-0.2, -0.15) is 4.79 Å². The number of ketones is 1. The van der Waals surface area contributed by atoms with E-state index < -0.39 is 34.3 Å². The van der Waals surface area contributed by atoms with Crippen LogP contribution in [0.25, 0.3) is 5.53 Å². The molecule has 1 aromatic rings. The lowest BCUT2D eigenvalue weighted by Crippen LogP contribution is -2.59. The molecule has 0 aromatic heterocycles. The molecular formula is C16H16N4O7. The van der Waals surface area contributed by atoms with Crippen molar-refractivity contribution in [3.05, 3.63) is 45.5 Å². The third kappa shape index (κ3) is 4.81. The minimum atomic E-state index is -1.16. The number of non-ortho nitro benzene ring substituents is 1. The number of hydrogen-bond donors (Lipinski definition) is 2. The van der Waals surface area contributed by atoms with E-state index >= 15 is 0 Å². The van der Waals surface area contributed by atoms with Crippen LogP contribution in [0, 0.1) is 16.0 Å². The van der Waals surface area contributed by atoms with Crippen molar-refractivity contribution in [3.8, 4) is 0 Å². The molecule has 0 bridgehead atoms. The summed E-state index contributed by atoms with van der Waals surface area (Å²) < 4.78 is 4.88. The normalized spacial score (nSPS) is 17.9. The maximum absolute atomic E-state index is 12.1. The lowest BCUT2D eigenvalue weighted by Gasteiger charge is -2.35. The quantitative estimate of drug-likeness (QED) is 0.0874. The van der Waals surface area contributed by atoms with Crippen molar-refractivity contribution in [1.29, 1.82) is 0 Å². The van der Waals surface area contributed by atoms with Gasteiger partial charge in [-0.1, -0.05) is 0 Å². The third-order valence-electron chi connectivity index (χ3n) is 4.07. The number of ether oxygens (including phenoxy) is 1. The molecule has 0 spiro atoms. The van der Waals surface area contributed by atoms with Crippen LogP contribution in [-0.2, 0) is 25.7 Å². The number of β-lactam (4-membered cyclic amide) rings is 1. The van der Waals surface area contributed by atoms with Gasteiger partial charge in [-0.3, -0.25) is 19.7 Å². The topological polar surface area (TPSA) is 172 Å². The second-order valence-corrected chi connectivity index (χ2v) is 5.81. The zero-order valence-corrected chi connectivity index (χ0v) is 14.0. The Morgan fingerprint density at radius 2 is 2.00 bits per heavy atom. The molecule has 1 saturated heterocycles. The van der Waals surface area contributed by atoms with Crippen molar-refractivity contribution in [3.63, 3.8) is 0 Å². The summed E-state index contributed by atoms with van der Waals surface area (Å²) in [5.74, 6) is -2.83. The zero-order chi connectivity index (χ0) is 20.0. The molecule has 1 aliphatic rings. The van der Waals surface area contributed by atoms with Crippen molar-refractivity contribution in [2.24, 2.45) is 5.92 Å². The molecular weight excluding hydrogens is 360 g/mol. The smallest absolute Gasteiger partial charge is 0.441 e. The van der Waals surface area contributed by atoms with Crippen LogP contribution in [0.5, 0.6) is 0 Å². The number of amides is 1. The molecule has 11 nitrogen and oxygen atoms in total. The molecule has 0 aliphatic carbocycles. The van der Waals surface area contributed by atoms with Gasteiger partial charge in [-0.25, -0.2) is 4.79 Å². The number of hydrogen-bond acceptors (Lipinski definition) is 7. The second-order valence-electron chi connectivity index (χ2n) is 5.81. The largest absolute Gasteiger partial charge is 0.452 e. The fraction of sp³-hybridized carbons (Fsp3) is 0.375. The minimum absolute atomic E-state index is 0.127. The van der Waals surface area contributed by atoms with Gasteiger partial charge in [0.1, 0.15) is 6.61 Å². The number of nitrogens with zero attached hydrogens (tertiary/aromatic N) is 3. The number of nitrogens with one attached hydrogen (secondary N) is 1. The lowest BCUT2D eigenvalue weighted by molar-refractivity contribution is -0.384. The van der Waals surface area contributed by atoms with Gasteiger partial charge in [0.25, 0.3) is 11.5 Å². The van der Waals surface area contributed by atoms with E-state index in [1.54, 1.807) is 0 Å². The number of carbonyl (C=O) groups excluding carboxylic acids is 3. The van der Waals surface area contributed by atoms with Crippen LogP contribution in [0.3, 0.4) is 0 Å². The van der Waals surface area contributed by atoms with Crippen molar-refractivity contribution in [2.75, 3.05) is 6.61 Å². The average molecular weight is 376 g/mol. The Kier molecular flexibility index (Phi) is 6.47. The van der Waals surface area contributed by atoms with Crippen LogP contribution in [0.1, 0.15) is 18.4 Å². The first-order chi connectivity index (χ1) is 12.9. The maximum Gasteiger partial charge on any atom is 0.441 e. The first kappa shape index (κ1) is 19.9. The standard InChI is InChI=1S/C16H16N4O7/c17-19-14(13(22)7-12-11(5-6-21)15(23)18-12)16(24)27-8-9-1-3-10(4-2-9)20(25)26/h1-4,11-12,21H,5-8H2,(H,18,23)/t11-,12-/m0/s1. The Hall–Kier alpha value is -3.43. The highest BCUT2D eigenvalue weighted by atomic mass is 16.6. The summed E-state index contributed by atoms with van der Waals surface area (Å²) in [6.45, 7) is -0.503. The Morgan fingerprint density at radius 3 is 2.52 bits per heavy atom. The molecule has 0 saturated carbocycles. The van der Waals surface area contributed by atoms with E-state index in [-0.39, 0.29) is 37.6 Å². The number of benzene rings is 1. The van der Waals surface area contributed by atoms with Gasteiger partial charge in [0.2, 0.25) is 5.91 Å².